The highest BCUT2D eigenvalue weighted by atomic mass is 32.2. The molecule has 0 atom stereocenters. The zero-order chi connectivity index (χ0) is 42.3. The predicted molar refractivity (Wildman–Crippen MR) is 204 cm³/mol. The molecule has 4 N–H and O–H groups in total. The van der Waals surface area contributed by atoms with E-state index in [4.69, 9.17) is 39.7 Å². The molecular weight excluding hydrogens is 715 g/mol. The van der Waals surface area contributed by atoms with Crippen LogP contribution in [0.2, 0.25) is 0 Å². The Kier molecular flexibility index (Phi) is 37.3. The zero-order valence-electron chi connectivity index (χ0n) is 34.9. The summed E-state index contributed by atoms with van der Waals surface area (Å²) in [5.41, 5.74) is 0.928. The Morgan fingerprint density at radius 2 is 0.692 bits per heavy atom. The number of rotatable bonds is 17. The van der Waals surface area contributed by atoms with Crippen molar-refractivity contribution < 1.29 is 70.6 Å². The molecule has 0 unspecified atom stereocenters. The Hall–Kier alpha value is -1.08. The van der Waals surface area contributed by atoms with Crippen LogP contribution in [0.25, 0.3) is 0 Å². The minimum absolute atomic E-state index is 0.178. The molecule has 0 aliphatic heterocycles. The van der Waals surface area contributed by atoms with E-state index in [9.17, 15) is 13.0 Å². The van der Waals surface area contributed by atoms with Gasteiger partial charge >= 0.3 is 0 Å². The van der Waals surface area contributed by atoms with Crippen molar-refractivity contribution in [3.63, 3.8) is 0 Å². The summed E-state index contributed by atoms with van der Waals surface area (Å²) in [7, 11) is 16.3. The van der Waals surface area contributed by atoms with E-state index in [0.29, 0.717) is 26.4 Å². The molecule has 0 heterocycles. The first kappa shape index (κ1) is 60.2. The maximum atomic E-state index is 10.4. The molecule has 1 rings (SSSR count). The number of benzene rings is 1. The number of quaternary nitrogens is 4. The number of hydrogen-bond acceptors (Lipinski definition) is 11. The lowest BCUT2D eigenvalue weighted by Crippen LogP contribution is -2.35. The van der Waals surface area contributed by atoms with Crippen molar-refractivity contribution in [1.82, 2.24) is 0 Å². The molecule has 1 aromatic rings. The van der Waals surface area contributed by atoms with Crippen LogP contribution >= 0.6 is 7.82 Å². The van der Waals surface area contributed by atoms with E-state index in [2.05, 4.69) is 84.6 Å². The third-order valence-corrected chi connectivity index (χ3v) is 7.11. The first-order valence-electron chi connectivity index (χ1n) is 17.7. The fourth-order valence-corrected chi connectivity index (χ4v) is 3.97. The Morgan fingerprint density at radius 3 is 0.827 bits per heavy atom. The lowest BCUT2D eigenvalue weighted by Gasteiger charge is -2.36. The number of aliphatic hydroxyl groups excluding tert-OH is 4. The molecule has 0 radical (unpaired) electrons. The summed E-state index contributed by atoms with van der Waals surface area (Å²) in [6.45, 7) is 7.77. The van der Waals surface area contributed by atoms with Gasteiger partial charge in [0, 0.05) is 26.4 Å². The fraction of sp³-hybridized carbons (Fsp3) is 0.829. The average Bonchev–Trinajstić information content (AvgIpc) is 2.91. The van der Waals surface area contributed by atoms with Gasteiger partial charge in [-0.25, -0.2) is 8.42 Å². The van der Waals surface area contributed by atoms with Crippen LogP contribution in [0.5, 0.6) is 0 Å². The normalized spacial score (nSPS) is 11.9. The van der Waals surface area contributed by atoms with Crippen molar-refractivity contribution in [3.05, 3.63) is 29.8 Å². The topological polar surface area (TPSA) is 224 Å². The number of phosphoric acid groups is 1. The van der Waals surface area contributed by atoms with E-state index in [1.54, 1.807) is 12.1 Å². The van der Waals surface area contributed by atoms with Gasteiger partial charge in [0.2, 0.25) is 0 Å². The van der Waals surface area contributed by atoms with E-state index in [1.165, 1.54) is 12.1 Å². The maximum Gasteiger partial charge on any atom is 0.124 e. The van der Waals surface area contributed by atoms with Crippen LogP contribution in [-0.4, -0.2) is 189 Å². The Labute approximate surface area is 318 Å². The second-order valence-electron chi connectivity index (χ2n) is 16.5. The van der Waals surface area contributed by atoms with Gasteiger partial charge in [-0.15, -0.1) is 0 Å². The highest BCUT2D eigenvalue weighted by Crippen LogP contribution is 2.08. The van der Waals surface area contributed by atoms with Gasteiger partial charge in [-0.1, -0.05) is 17.7 Å². The minimum Gasteiger partial charge on any atom is -0.822 e. The van der Waals surface area contributed by atoms with E-state index >= 15 is 0 Å². The molecule has 0 bridgehead atoms. The van der Waals surface area contributed by atoms with Crippen LogP contribution in [0.3, 0.4) is 0 Å². The van der Waals surface area contributed by atoms with Gasteiger partial charge in [0.25, 0.3) is 0 Å². The van der Waals surface area contributed by atoms with Crippen molar-refractivity contribution in [2.24, 2.45) is 0 Å². The van der Waals surface area contributed by atoms with E-state index in [-0.39, 0.29) is 4.90 Å². The molecule has 17 heteroatoms. The predicted octanol–water partition coefficient (Wildman–Crippen LogP) is -0.0651. The van der Waals surface area contributed by atoms with Crippen molar-refractivity contribution >= 4 is 17.9 Å². The SMILES string of the molecule is C[N+](C)(C)CCCCO.C[N+](C)(C)CCCCO.C[N+](C)(C)CCCCO.C[N+](C)(C)CCCCO.Cc1ccc(S(=O)(=O)[O-])cc1.O=P([O-])([O-])[O-]. The Bertz CT molecular complexity index is 990. The monoisotopic (exact) mass is 795 g/mol. The number of nitrogens with zero attached hydrogens (tertiary/aromatic N) is 4. The molecule has 0 saturated heterocycles. The molecule has 0 aliphatic rings. The molecule has 0 spiro atoms. The average molecular weight is 795 g/mol. The van der Waals surface area contributed by atoms with Crippen molar-refractivity contribution in [2.75, 3.05) is 137 Å². The molecule has 0 fully saturated rings. The largest absolute Gasteiger partial charge is 0.822 e. The first-order chi connectivity index (χ1) is 23.2. The molecule has 0 amide bonds. The third kappa shape index (κ3) is 74.2. The Balaban J connectivity index is -0.000000172. The molecule has 1 aromatic carbocycles. The number of aliphatic hydroxyl groups is 4. The van der Waals surface area contributed by atoms with Crippen LogP contribution in [-0.2, 0) is 14.7 Å². The molecule has 0 aromatic heterocycles. The Morgan fingerprint density at radius 1 is 0.500 bits per heavy atom. The number of unbranched alkanes of at least 4 members (excludes halogenated alkanes) is 4. The quantitative estimate of drug-likeness (QED) is 0.0708. The van der Waals surface area contributed by atoms with Gasteiger partial charge < -0.3 is 62.2 Å². The van der Waals surface area contributed by atoms with Crippen LogP contribution in [0.4, 0.5) is 0 Å². The van der Waals surface area contributed by atoms with Gasteiger partial charge in [0.05, 0.1) is 116 Å². The van der Waals surface area contributed by atoms with E-state index in [0.717, 1.165) is 101 Å². The lowest BCUT2D eigenvalue weighted by molar-refractivity contribution is -0.870. The lowest BCUT2D eigenvalue weighted by atomic mass is 10.2. The van der Waals surface area contributed by atoms with Crippen molar-refractivity contribution in [3.8, 4) is 0 Å². The second kappa shape index (κ2) is 32.2. The summed E-state index contributed by atoms with van der Waals surface area (Å²) >= 11 is 0. The highest BCUT2D eigenvalue weighted by Gasteiger charge is 2.06. The maximum absolute atomic E-state index is 10.4. The first-order valence-corrected chi connectivity index (χ1v) is 20.5. The molecule has 0 saturated carbocycles. The smallest absolute Gasteiger partial charge is 0.124 e. The third-order valence-electron chi connectivity index (χ3n) is 6.26. The number of hydrogen-bond donors (Lipinski definition) is 4. The van der Waals surface area contributed by atoms with Crippen molar-refractivity contribution in [1.29, 1.82) is 0 Å². The zero-order valence-corrected chi connectivity index (χ0v) is 36.6. The van der Waals surface area contributed by atoms with E-state index in [1.807, 2.05) is 6.92 Å². The molecule has 52 heavy (non-hydrogen) atoms. The summed E-state index contributed by atoms with van der Waals surface area (Å²) in [4.78, 5) is 25.5. The van der Waals surface area contributed by atoms with Gasteiger partial charge in [-0.2, -0.15) is 7.82 Å². The summed E-state index contributed by atoms with van der Waals surface area (Å²) < 4.78 is 43.7. The minimum atomic E-state index is -5.39. The summed E-state index contributed by atoms with van der Waals surface area (Å²) in [5, 5.41) is 33.8. The molecule has 15 nitrogen and oxygen atoms in total. The van der Waals surface area contributed by atoms with Gasteiger partial charge in [0.1, 0.15) is 10.1 Å². The standard InChI is InChI=1S/4C7H18NO.C7H8O3S.H3O4P/c4*1-8(2,3)6-4-5-7-9;1-6-2-4-7(5-3-6)11(8,9)10;1-5(2,3)4/h4*9H,4-7H2,1-3H3;2-5H,1H3,(H,8,9,10);(H3,1,2,3,4)/q4*+1;;/p-4. The second-order valence-corrected chi connectivity index (χ2v) is 18.8. The van der Waals surface area contributed by atoms with Crippen LogP contribution < -0.4 is 14.7 Å². The van der Waals surface area contributed by atoms with E-state index < -0.39 is 17.9 Å². The van der Waals surface area contributed by atoms with Crippen molar-refractivity contribution in [2.45, 2.75) is 63.2 Å². The van der Waals surface area contributed by atoms with Crippen LogP contribution in [0.1, 0.15) is 56.9 Å². The highest BCUT2D eigenvalue weighted by molar-refractivity contribution is 7.85. The molecule has 0 aliphatic carbocycles. The fourth-order valence-electron chi connectivity index (χ4n) is 3.50. The summed E-state index contributed by atoms with van der Waals surface area (Å²) in [6.07, 6.45) is 8.26. The summed E-state index contributed by atoms with van der Waals surface area (Å²) in [6, 6.07) is 5.78. The number of aryl methyl sites for hydroxylation is 1. The van der Waals surface area contributed by atoms with Gasteiger partial charge in [-0.05, 0) is 70.4 Å². The molecule has 316 valence electrons. The van der Waals surface area contributed by atoms with Crippen LogP contribution in [0.15, 0.2) is 29.2 Å². The summed E-state index contributed by atoms with van der Waals surface area (Å²) in [5.74, 6) is 0. The molecular formula is C35H79N4O11PS. The van der Waals surface area contributed by atoms with Crippen LogP contribution in [0, 0.1) is 6.92 Å². The van der Waals surface area contributed by atoms with Gasteiger partial charge in [-0.3, -0.25) is 0 Å². The van der Waals surface area contributed by atoms with Gasteiger partial charge in [0.15, 0.2) is 0 Å².